The highest BCUT2D eigenvalue weighted by Crippen LogP contribution is 2.42. The molecule has 3 aromatic rings. The summed E-state index contributed by atoms with van der Waals surface area (Å²) >= 11 is 11.7. The van der Waals surface area contributed by atoms with E-state index in [1.165, 1.54) is 11.8 Å². The average Bonchev–Trinajstić information content (AvgIpc) is 2.85. The van der Waals surface area contributed by atoms with Gasteiger partial charge in [0.25, 0.3) is 0 Å². The van der Waals surface area contributed by atoms with Gasteiger partial charge in [-0.2, -0.15) is 4.98 Å². The van der Waals surface area contributed by atoms with Gasteiger partial charge in [0.1, 0.15) is 0 Å². The molecule has 1 atom stereocenters. The molecule has 1 aromatic carbocycles. The minimum absolute atomic E-state index is 0.400. The number of rotatable bonds is 2. The quantitative estimate of drug-likeness (QED) is 0.415. The van der Waals surface area contributed by atoms with Crippen LogP contribution < -0.4 is 10.1 Å². The molecule has 10 heteroatoms. The number of thioether (sulfide) groups is 1. The number of hydrogen-bond donors (Lipinski definition) is 1. The first-order valence-corrected chi connectivity index (χ1v) is 10.6. The summed E-state index contributed by atoms with van der Waals surface area (Å²) in [7, 11) is 0. The number of fused-ring (bicyclic) bond motifs is 3. The number of furan rings is 1. The van der Waals surface area contributed by atoms with Crippen molar-refractivity contribution in [2.45, 2.75) is 11.4 Å². The summed E-state index contributed by atoms with van der Waals surface area (Å²) in [4.78, 5) is 4.47. The maximum absolute atomic E-state index is 6.09. The number of nitrogens with zero attached hydrogens (tertiary/aromatic N) is 3. The topological polar surface area (TPSA) is 73.1 Å². The molecule has 0 saturated heterocycles. The van der Waals surface area contributed by atoms with Crippen LogP contribution in [0.1, 0.15) is 12.0 Å². The monoisotopic (exact) mass is 546 g/mol. The van der Waals surface area contributed by atoms with Crippen molar-refractivity contribution in [3.05, 3.63) is 43.6 Å². The van der Waals surface area contributed by atoms with Crippen molar-refractivity contribution in [3.63, 3.8) is 0 Å². The van der Waals surface area contributed by atoms with Gasteiger partial charge in [-0.3, -0.25) is 0 Å². The fourth-order valence-corrected chi connectivity index (χ4v) is 3.64. The van der Waals surface area contributed by atoms with E-state index in [-0.39, 0.29) is 0 Å². The molecular formula is C15H9Br3N4O2S. The van der Waals surface area contributed by atoms with Gasteiger partial charge in [-0.05, 0) is 56.3 Å². The number of halogens is 3. The second-order valence-corrected chi connectivity index (χ2v) is 8.32. The summed E-state index contributed by atoms with van der Waals surface area (Å²) in [5, 5.41) is 12.3. The fourth-order valence-electron chi connectivity index (χ4n) is 2.38. The van der Waals surface area contributed by atoms with E-state index in [4.69, 9.17) is 9.15 Å². The van der Waals surface area contributed by atoms with Crippen molar-refractivity contribution in [2.24, 2.45) is 0 Å². The van der Waals surface area contributed by atoms with Crippen LogP contribution in [0.15, 0.2) is 47.5 Å². The molecule has 2 aromatic heterocycles. The van der Waals surface area contributed by atoms with Crippen LogP contribution in [0, 0.1) is 0 Å². The van der Waals surface area contributed by atoms with Crippen LogP contribution in [0.5, 0.6) is 5.88 Å². The standard InChI is InChI=1S/C15H9Br3N4O2S/c1-25-15-20-14-11(21-22-15)7-4-6(16)2-3-9(7)19-13(24-14)10-5-8(17)12(18)23-10/h2-5,13,19H,1H3/t13-/m0/s1. The van der Waals surface area contributed by atoms with Gasteiger partial charge in [0.2, 0.25) is 17.3 Å². The second kappa shape index (κ2) is 6.90. The number of anilines is 1. The highest BCUT2D eigenvalue weighted by atomic mass is 79.9. The summed E-state index contributed by atoms with van der Waals surface area (Å²) in [6, 6.07) is 7.69. The van der Waals surface area contributed by atoms with E-state index >= 15 is 0 Å². The van der Waals surface area contributed by atoms with Gasteiger partial charge in [0.05, 0.1) is 4.47 Å². The van der Waals surface area contributed by atoms with E-state index in [9.17, 15) is 0 Å². The normalized spacial score (nSPS) is 15.6. The lowest BCUT2D eigenvalue weighted by atomic mass is 10.1. The van der Waals surface area contributed by atoms with Gasteiger partial charge >= 0.3 is 0 Å². The van der Waals surface area contributed by atoms with Crippen molar-refractivity contribution in [2.75, 3.05) is 11.6 Å². The SMILES string of the molecule is CSc1nnc2c(n1)O[C@@H](c1cc(Br)c(Br)o1)Nc1ccc(Br)cc1-2. The van der Waals surface area contributed by atoms with Crippen molar-refractivity contribution in [1.82, 2.24) is 15.2 Å². The molecular weight excluding hydrogens is 540 g/mol. The van der Waals surface area contributed by atoms with Gasteiger partial charge in [-0.25, -0.2) is 0 Å². The van der Waals surface area contributed by atoms with Gasteiger partial charge in [-0.15, -0.1) is 10.2 Å². The molecule has 0 radical (unpaired) electrons. The van der Waals surface area contributed by atoms with Crippen molar-refractivity contribution in [3.8, 4) is 17.1 Å². The van der Waals surface area contributed by atoms with E-state index in [0.717, 1.165) is 20.2 Å². The zero-order chi connectivity index (χ0) is 17.6. The van der Waals surface area contributed by atoms with Gasteiger partial charge < -0.3 is 14.5 Å². The molecule has 0 fully saturated rings. The molecule has 128 valence electrons. The third-order valence-corrected chi connectivity index (χ3v) is 6.23. The minimum atomic E-state index is -0.560. The number of ether oxygens (including phenoxy) is 1. The Bertz CT molecular complexity index is 946. The zero-order valence-corrected chi connectivity index (χ0v) is 18.2. The Hall–Kier alpha value is -1.10. The predicted octanol–water partition coefficient (Wildman–Crippen LogP) is 5.64. The Kier molecular flexibility index (Phi) is 4.78. The smallest absolute Gasteiger partial charge is 0.247 e. The number of benzene rings is 1. The van der Waals surface area contributed by atoms with Crippen LogP contribution in [0.25, 0.3) is 11.3 Å². The first-order valence-electron chi connectivity index (χ1n) is 7.01. The van der Waals surface area contributed by atoms with Crippen LogP contribution in [-0.2, 0) is 0 Å². The Morgan fingerprint density at radius 2 is 2.00 bits per heavy atom. The average molecular weight is 549 g/mol. The van der Waals surface area contributed by atoms with Crippen LogP contribution >= 0.6 is 59.6 Å². The van der Waals surface area contributed by atoms with Gasteiger partial charge in [0.15, 0.2) is 16.1 Å². The summed E-state index contributed by atoms with van der Waals surface area (Å²) < 4.78 is 14.1. The van der Waals surface area contributed by atoms with E-state index < -0.39 is 6.23 Å². The highest BCUT2D eigenvalue weighted by molar-refractivity contribution is 9.13. The van der Waals surface area contributed by atoms with Crippen LogP contribution in [0.4, 0.5) is 5.69 Å². The van der Waals surface area contributed by atoms with Crippen molar-refractivity contribution >= 4 is 65.2 Å². The molecule has 0 unspecified atom stereocenters. The number of nitrogens with one attached hydrogen (secondary N) is 1. The molecule has 0 amide bonds. The van der Waals surface area contributed by atoms with Crippen molar-refractivity contribution < 1.29 is 9.15 Å². The summed E-state index contributed by atoms with van der Waals surface area (Å²) in [5.41, 5.74) is 2.28. The van der Waals surface area contributed by atoms with Gasteiger partial charge in [0, 0.05) is 21.8 Å². The number of aromatic nitrogens is 3. The van der Waals surface area contributed by atoms with E-state index in [1.54, 1.807) is 0 Å². The lowest BCUT2D eigenvalue weighted by Gasteiger charge is -2.16. The number of hydrogen-bond acceptors (Lipinski definition) is 7. The van der Waals surface area contributed by atoms with Crippen LogP contribution in [-0.4, -0.2) is 21.4 Å². The maximum atomic E-state index is 6.09. The lowest BCUT2D eigenvalue weighted by molar-refractivity contribution is 0.194. The molecule has 1 aliphatic heterocycles. The first-order chi connectivity index (χ1) is 12.0. The minimum Gasteiger partial charge on any atom is -0.447 e. The summed E-state index contributed by atoms with van der Waals surface area (Å²) in [6.07, 6.45) is 1.33. The maximum Gasteiger partial charge on any atom is 0.247 e. The third-order valence-electron chi connectivity index (χ3n) is 3.49. The predicted molar refractivity (Wildman–Crippen MR) is 106 cm³/mol. The van der Waals surface area contributed by atoms with E-state index in [0.29, 0.717) is 27.2 Å². The fraction of sp³-hybridized carbons (Fsp3) is 0.133. The molecule has 0 saturated carbocycles. The lowest BCUT2D eigenvalue weighted by Crippen LogP contribution is -2.16. The molecule has 1 aliphatic rings. The van der Waals surface area contributed by atoms with Crippen LogP contribution in [0.3, 0.4) is 0 Å². The Labute approximate surface area is 172 Å². The second-order valence-electron chi connectivity index (χ2n) is 5.05. The molecule has 4 rings (SSSR count). The van der Waals surface area contributed by atoms with E-state index in [1.807, 2.05) is 30.5 Å². The molecule has 3 heterocycles. The molecule has 1 N–H and O–H groups in total. The van der Waals surface area contributed by atoms with Crippen molar-refractivity contribution in [1.29, 1.82) is 0 Å². The Morgan fingerprint density at radius 3 is 2.72 bits per heavy atom. The Balaban J connectivity index is 1.88. The van der Waals surface area contributed by atoms with Gasteiger partial charge in [-0.1, -0.05) is 27.7 Å². The molecule has 0 spiro atoms. The Morgan fingerprint density at radius 1 is 1.16 bits per heavy atom. The van der Waals surface area contributed by atoms with Crippen LogP contribution in [0.2, 0.25) is 0 Å². The molecule has 0 aliphatic carbocycles. The largest absolute Gasteiger partial charge is 0.447 e. The first kappa shape index (κ1) is 17.3. The van der Waals surface area contributed by atoms with E-state index in [2.05, 4.69) is 68.3 Å². The molecule has 0 bridgehead atoms. The highest BCUT2D eigenvalue weighted by Gasteiger charge is 2.28. The third kappa shape index (κ3) is 3.32. The molecule has 6 nitrogen and oxygen atoms in total. The summed E-state index contributed by atoms with van der Waals surface area (Å²) in [5.74, 6) is 1.00. The zero-order valence-electron chi connectivity index (χ0n) is 12.6. The summed E-state index contributed by atoms with van der Waals surface area (Å²) in [6.45, 7) is 0. The molecule has 25 heavy (non-hydrogen) atoms.